The first-order chi connectivity index (χ1) is 26.1. The van der Waals surface area contributed by atoms with E-state index in [4.69, 9.17) is 15.0 Å². The van der Waals surface area contributed by atoms with Gasteiger partial charge in [-0.2, -0.15) is 0 Å². The fourth-order valence-electron chi connectivity index (χ4n) is 7.70. The molecular formula is C50H58N4O2. The van der Waals surface area contributed by atoms with E-state index in [1.165, 1.54) is 28.5 Å². The second kappa shape index (κ2) is 13.8. The lowest BCUT2D eigenvalue weighted by molar-refractivity contribution is 0.336. The molecule has 3 aromatic rings. The van der Waals surface area contributed by atoms with Gasteiger partial charge in [0.2, 0.25) is 0 Å². The van der Waals surface area contributed by atoms with Crippen molar-refractivity contribution in [1.82, 2.24) is 4.98 Å². The van der Waals surface area contributed by atoms with Crippen LogP contribution in [0.1, 0.15) is 141 Å². The number of aliphatic hydroxyl groups excluding tert-OH is 2. The van der Waals surface area contributed by atoms with E-state index in [0.717, 1.165) is 56.5 Å². The molecule has 2 aromatic carbocycles. The topological polar surface area (TPSA) is 93.3 Å². The van der Waals surface area contributed by atoms with Gasteiger partial charge < -0.3 is 15.2 Å². The summed E-state index contributed by atoms with van der Waals surface area (Å²) in [6, 6.07) is 17.9. The van der Waals surface area contributed by atoms with E-state index >= 15 is 0 Å². The van der Waals surface area contributed by atoms with Crippen molar-refractivity contribution in [2.75, 3.05) is 6.61 Å². The highest BCUT2D eigenvalue weighted by Crippen LogP contribution is 2.41. The number of hydrogen-bond acceptors (Lipinski definition) is 5. The first kappa shape index (κ1) is 39.2. The third-order valence-corrected chi connectivity index (χ3v) is 11.3. The predicted molar refractivity (Wildman–Crippen MR) is 236 cm³/mol. The minimum atomic E-state index is -0.213. The maximum atomic E-state index is 11.0. The van der Waals surface area contributed by atoms with Crippen LogP contribution in [0.2, 0.25) is 0 Å². The molecule has 7 rings (SSSR count). The van der Waals surface area contributed by atoms with E-state index in [1.54, 1.807) is 0 Å². The summed E-state index contributed by atoms with van der Waals surface area (Å²) in [6.07, 6.45) is 10.6. The summed E-state index contributed by atoms with van der Waals surface area (Å²) in [4.78, 5) is 19.5. The van der Waals surface area contributed by atoms with E-state index in [9.17, 15) is 10.2 Å². The lowest BCUT2D eigenvalue weighted by Gasteiger charge is -2.27. The standard InChI is InChI=1S/C50H58N4O2/c1-47(2,3)31-21-29(22-32(25-31)48(4,5)6)45-41-17-13-37(51-41)35(27-55)39-15-19-43(53-39)46(30-23-33(49(7,8)9)26-34(24-30)50(10,11)12)44-20-16-40(54-44)36(28-56)38-14-18-42(45)52-38/h13-15,17-19,21-26,28,52,55-56H,16,20,27H2,1-12H3. The van der Waals surface area contributed by atoms with Crippen molar-refractivity contribution in [3.8, 4) is 0 Å². The zero-order valence-electron chi connectivity index (χ0n) is 35.4. The van der Waals surface area contributed by atoms with Gasteiger partial charge in [0.15, 0.2) is 0 Å². The molecule has 0 atom stereocenters. The zero-order chi connectivity index (χ0) is 40.5. The van der Waals surface area contributed by atoms with Crippen LogP contribution in [0.4, 0.5) is 0 Å². The molecule has 6 nitrogen and oxygen atoms in total. The number of allylic oxidation sites excluding steroid dienone is 7. The Bertz CT molecular complexity index is 2350. The van der Waals surface area contributed by atoms with Gasteiger partial charge in [-0.1, -0.05) is 119 Å². The van der Waals surface area contributed by atoms with Crippen LogP contribution >= 0.6 is 0 Å². The zero-order valence-corrected chi connectivity index (χ0v) is 35.4. The van der Waals surface area contributed by atoms with Gasteiger partial charge in [-0.3, -0.25) is 4.99 Å². The number of aliphatic imine (C=N–C) groups is 3. The molecule has 0 saturated heterocycles. The summed E-state index contributed by atoms with van der Waals surface area (Å²) in [5.74, 6) is 0. The van der Waals surface area contributed by atoms with E-state index in [0.29, 0.717) is 35.4 Å². The van der Waals surface area contributed by atoms with Gasteiger partial charge in [-0.15, -0.1) is 0 Å². The Labute approximate surface area is 333 Å². The summed E-state index contributed by atoms with van der Waals surface area (Å²) in [5, 5.41) is 21.8. The van der Waals surface area contributed by atoms with Crippen LogP contribution in [-0.4, -0.2) is 38.9 Å². The van der Waals surface area contributed by atoms with Crippen LogP contribution in [0, 0.1) is 0 Å². The molecule has 0 amide bonds. The Morgan fingerprint density at radius 2 is 1.05 bits per heavy atom. The summed E-state index contributed by atoms with van der Waals surface area (Å²) in [7, 11) is 0. The van der Waals surface area contributed by atoms with Crippen molar-refractivity contribution in [3.63, 3.8) is 0 Å². The van der Waals surface area contributed by atoms with Crippen LogP contribution in [0.3, 0.4) is 0 Å². The molecule has 4 aliphatic rings. The van der Waals surface area contributed by atoms with E-state index in [2.05, 4.69) is 131 Å². The average molecular weight is 747 g/mol. The third-order valence-electron chi connectivity index (χ3n) is 11.3. The van der Waals surface area contributed by atoms with Crippen LogP contribution in [0.15, 0.2) is 117 Å². The van der Waals surface area contributed by atoms with Crippen LogP contribution in [0.25, 0.3) is 16.7 Å². The van der Waals surface area contributed by atoms with Crippen molar-refractivity contribution in [2.24, 2.45) is 15.0 Å². The Hall–Kier alpha value is -5.07. The van der Waals surface area contributed by atoms with E-state index in [1.807, 2.05) is 30.4 Å². The molecule has 4 aliphatic heterocycles. The Balaban J connectivity index is 1.52. The van der Waals surface area contributed by atoms with Crippen molar-refractivity contribution in [1.29, 1.82) is 0 Å². The lowest BCUT2D eigenvalue weighted by atomic mass is 9.78. The Morgan fingerprint density at radius 1 is 0.571 bits per heavy atom. The summed E-state index contributed by atoms with van der Waals surface area (Å²) in [6.45, 7) is 26.8. The average Bonchev–Trinajstić information content (AvgIpc) is 3.94. The highest BCUT2D eigenvalue weighted by molar-refractivity contribution is 6.33. The Morgan fingerprint density at radius 3 is 1.57 bits per heavy atom. The minimum absolute atomic E-state index is 0.0797. The largest absolute Gasteiger partial charge is 0.515 e. The number of nitrogens with one attached hydrogen (secondary N) is 1. The quantitative estimate of drug-likeness (QED) is 0.233. The fraction of sp³-hybridized carbons (Fsp3) is 0.380. The molecule has 8 bridgehead atoms. The monoisotopic (exact) mass is 746 g/mol. The molecule has 0 spiro atoms. The number of H-pyrrole nitrogens is 1. The molecule has 0 fully saturated rings. The lowest BCUT2D eigenvalue weighted by Crippen LogP contribution is -2.17. The van der Waals surface area contributed by atoms with E-state index < -0.39 is 0 Å². The van der Waals surface area contributed by atoms with Crippen molar-refractivity contribution < 1.29 is 10.2 Å². The normalized spacial score (nSPS) is 18.4. The SMILES string of the molecule is CC(C)(C)c1cc(C2=C3CCC(=N3)C(=CO)c3ccc([nH]3)C(c3cc(C(C)(C)C)cc(C(C)(C)C)c3)=C3C=CC(=N3)C(CO)=C3C=CC2=N3)cc(C(C)(C)C)c1. The van der Waals surface area contributed by atoms with Crippen molar-refractivity contribution in [2.45, 2.75) is 118 Å². The number of aromatic amines is 1. The van der Waals surface area contributed by atoms with Crippen molar-refractivity contribution in [3.05, 3.63) is 147 Å². The smallest absolute Gasteiger partial charge is 0.0903 e. The summed E-state index contributed by atoms with van der Waals surface area (Å²) >= 11 is 0. The maximum Gasteiger partial charge on any atom is 0.0903 e. The maximum absolute atomic E-state index is 11.0. The van der Waals surface area contributed by atoms with Crippen LogP contribution in [0.5, 0.6) is 0 Å². The highest BCUT2D eigenvalue weighted by atomic mass is 16.3. The van der Waals surface area contributed by atoms with Gasteiger partial charge in [-0.05, 0) is 104 Å². The van der Waals surface area contributed by atoms with Gasteiger partial charge in [0, 0.05) is 22.4 Å². The number of aliphatic hydroxyl groups is 2. The fourth-order valence-corrected chi connectivity index (χ4v) is 7.70. The first-order valence-electron chi connectivity index (χ1n) is 20.0. The molecule has 3 N–H and O–H groups in total. The molecule has 56 heavy (non-hydrogen) atoms. The molecule has 0 unspecified atom stereocenters. The van der Waals surface area contributed by atoms with Gasteiger partial charge in [0.05, 0.1) is 58.4 Å². The number of benzene rings is 2. The van der Waals surface area contributed by atoms with Gasteiger partial charge >= 0.3 is 0 Å². The molecule has 6 heteroatoms. The molecule has 0 radical (unpaired) electrons. The minimum Gasteiger partial charge on any atom is -0.515 e. The van der Waals surface area contributed by atoms with Gasteiger partial charge in [-0.25, -0.2) is 9.98 Å². The molecule has 0 saturated carbocycles. The van der Waals surface area contributed by atoms with Crippen LogP contribution < -0.4 is 0 Å². The number of aromatic nitrogens is 1. The second-order valence-electron chi connectivity index (χ2n) is 19.7. The first-order valence-corrected chi connectivity index (χ1v) is 20.0. The number of hydrogen-bond donors (Lipinski definition) is 3. The summed E-state index contributed by atoms with van der Waals surface area (Å²) < 4.78 is 0. The number of nitrogens with zero attached hydrogens (tertiary/aromatic N) is 3. The summed E-state index contributed by atoms with van der Waals surface area (Å²) in [5.41, 5.74) is 16.4. The van der Waals surface area contributed by atoms with Gasteiger partial charge in [0.1, 0.15) is 0 Å². The number of rotatable bonds is 3. The second-order valence-corrected chi connectivity index (χ2v) is 19.7. The van der Waals surface area contributed by atoms with Gasteiger partial charge in [0.25, 0.3) is 0 Å². The third kappa shape index (κ3) is 7.44. The predicted octanol–water partition coefficient (Wildman–Crippen LogP) is 11.8. The van der Waals surface area contributed by atoms with Crippen molar-refractivity contribution >= 4 is 33.9 Å². The molecule has 1 aromatic heterocycles. The molecular weight excluding hydrogens is 689 g/mol. The molecule has 290 valence electrons. The van der Waals surface area contributed by atoms with E-state index in [-0.39, 0.29) is 28.3 Å². The molecule has 5 heterocycles. The number of fused-ring (bicyclic) bond motifs is 5. The van der Waals surface area contributed by atoms with Crippen LogP contribution in [-0.2, 0) is 21.7 Å². The Kier molecular flexibility index (Phi) is 9.68. The molecule has 0 aliphatic carbocycles. The highest BCUT2D eigenvalue weighted by Gasteiger charge is 2.30.